The molecule has 0 amide bonds. The summed E-state index contributed by atoms with van der Waals surface area (Å²) in [5, 5.41) is 8.25. The fraction of sp³-hybridized carbons (Fsp3) is 0.273. The maximum Gasteiger partial charge on any atom is 0.209 e. The van der Waals surface area contributed by atoms with Crippen molar-refractivity contribution >= 4 is 11.8 Å². The standard InChI is InChI=1S/C11H14N4OS/c1-9-2-4-10(5-3-9)16-6-7-17-11-14-13-8-15(11)12/h2-5,8H,6-7,12H2,1H3. The highest BCUT2D eigenvalue weighted by Crippen LogP contribution is 2.14. The summed E-state index contributed by atoms with van der Waals surface area (Å²) in [7, 11) is 0. The van der Waals surface area contributed by atoms with E-state index in [0.717, 1.165) is 11.5 Å². The predicted octanol–water partition coefficient (Wildman–Crippen LogP) is 1.47. The van der Waals surface area contributed by atoms with Crippen molar-refractivity contribution in [3.05, 3.63) is 36.2 Å². The maximum atomic E-state index is 5.58. The van der Waals surface area contributed by atoms with E-state index in [1.807, 2.05) is 31.2 Å². The third-order valence-electron chi connectivity index (χ3n) is 2.14. The molecule has 0 spiro atoms. The lowest BCUT2D eigenvalue weighted by Crippen LogP contribution is -2.09. The molecule has 0 radical (unpaired) electrons. The van der Waals surface area contributed by atoms with Crippen molar-refractivity contribution in [3.8, 4) is 5.75 Å². The van der Waals surface area contributed by atoms with Crippen LogP contribution in [0.3, 0.4) is 0 Å². The Kier molecular flexibility index (Phi) is 3.87. The van der Waals surface area contributed by atoms with Crippen molar-refractivity contribution in [3.63, 3.8) is 0 Å². The van der Waals surface area contributed by atoms with Crippen LogP contribution in [0.4, 0.5) is 0 Å². The summed E-state index contributed by atoms with van der Waals surface area (Å²) in [5.74, 6) is 7.24. The Bertz CT molecular complexity index is 469. The Labute approximate surface area is 104 Å². The highest BCUT2D eigenvalue weighted by Gasteiger charge is 2.01. The number of rotatable bonds is 5. The van der Waals surface area contributed by atoms with E-state index in [0.29, 0.717) is 11.8 Å². The van der Waals surface area contributed by atoms with Crippen LogP contribution < -0.4 is 10.6 Å². The number of hydrogen-bond donors (Lipinski definition) is 1. The molecule has 0 aliphatic carbocycles. The van der Waals surface area contributed by atoms with Gasteiger partial charge in [0.15, 0.2) is 0 Å². The second kappa shape index (κ2) is 5.58. The van der Waals surface area contributed by atoms with Crippen molar-refractivity contribution in [1.82, 2.24) is 14.9 Å². The highest BCUT2D eigenvalue weighted by atomic mass is 32.2. The van der Waals surface area contributed by atoms with Gasteiger partial charge < -0.3 is 10.6 Å². The molecule has 0 unspecified atom stereocenters. The van der Waals surface area contributed by atoms with Crippen LogP contribution in [0.1, 0.15) is 5.56 Å². The molecule has 0 aliphatic rings. The molecule has 2 rings (SSSR count). The van der Waals surface area contributed by atoms with Crippen molar-refractivity contribution in [2.24, 2.45) is 0 Å². The summed E-state index contributed by atoms with van der Waals surface area (Å²) in [6.07, 6.45) is 1.48. The monoisotopic (exact) mass is 250 g/mol. The number of nitrogen functional groups attached to an aromatic ring is 1. The van der Waals surface area contributed by atoms with E-state index in [1.54, 1.807) is 0 Å². The van der Waals surface area contributed by atoms with Gasteiger partial charge in [-0.3, -0.25) is 0 Å². The molecule has 0 bridgehead atoms. The van der Waals surface area contributed by atoms with E-state index in [2.05, 4.69) is 10.2 Å². The summed E-state index contributed by atoms with van der Waals surface area (Å²) in [6, 6.07) is 7.98. The quantitative estimate of drug-likeness (QED) is 0.494. The molecule has 6 heteroatoms. The fourth-order valence-corrected chi connectivity index (χ4v) is 1.91. The lowest BCUT2D eigenvalue weighted by atomic mass is 10.2. The molecule has 1 aromatic carbocycles. The Morgan fingerprint density at radius 1 is 1.35 bits per heavy atom. The number of nitrogens with zero attached hydrogens (tertiary/aromatic N) is 3. The Morgan fingerprint density at radius 3 is 2.76 bits per heavy atom. The topological polar surface area (TPSA) is 66.0 Å². The van der Waals surface area contributed by atoms with Gasteiger partial charge in [-0.2, -0.15) is 0 Å². The van der Waals surface area contributed by atoms with Crippen LogP contribution in [0, 0.1) is 6.92 Å². The zero-order valence-corrected chi connectivity index (χ0v) is 10.4. The number of aryl methyl sites for hydroxylation is 1. The van der Waals surface area contributed by atoms with Gasteiger partial charge in [-0.25, -0.2) is 4.68 Å². The van der Waals surface area contributed by atoms with Gasteiger partial charge >= 0.3 is 0 Å². The highest BCUT2D eigenvalue weighted by molar-refractivity contribution is 7.99. The number of ether oxygens (including phenoxy) is 1. The first-order valence-corrected chi connectivity index (χ1v) is 6.21. The van der Waals surface area contributed by atoms with Crippen molar-refractivity contribution < 1.29 is 4.74 Å². The van der Waals surface area contributed by atoms with E-state index in [4.69, 9.17) is 10.6 Å². The van der Waals surface area contributed by atoms with Crippen LogP contribution in [0.15, 0.2) is 35.7 Å². The lowest BCUT2D eigenvalue weighted by molar-refractivity contribution is 0.344. The molecule has 0 aliphatic heterocycles. The van der Waals surface area contributed by atoms with E-state index in [-0.39, 0.29) is 0 Å². The van der Waals surface area contributed by atoms with Gasteiger partial charge in [0, 0.05) is 5.75 Å². The molecular weight excluding hydrogens is 236 g/mol. The van der Waals surface area contributed by atoms with Gasteiger partial charge in [-0.05, 0) is 19.1 Å². The summed E-state index contributed by atoms with van der Waals surface area (Å²) in [6.45, 7) is 2.66. The first-order chi connectivity index (χ1) is 8.25. The minimum absolute atomic E-state index is 0.612. The number of aromatic nitrogens is 3. The Hall–Kier alpha value is -1.69. The Morgan fingerprint density at radius 2 is 2.12 bits per heavy atom. The minimum Gasteiger partial charge on any atom is -0.493 e. The molecule has 2 aromatic rings. The van der Waals surface area contributed by atoms with Crippen molar-refractivity contribution in [2.75, 3.05) is 18.2 Å². The first kappa shape index (κ1) is 11.8. The van der Waals surface area contributed by atoms with E-state index in [1.165, 1.54) is 28.3 Å². The number of hydrogen-bond acceptors (Lipinski definition) is 5. The molecular formula is C11H14N4OS. The molecule has 1 heterocycles. The van der Waals surface area contributed by atoms with Crippen LogP contribution in [0.2, 0.25) is 0 Å². The van der Waals surface area contributed by atoms with E-state index < -0.39 is 0 Å². The van der Waals surface area contributed by atoms with E-state index >= 15 is 0 Å². The number of benzene rings is 1. The van der Waals surface area contributed by atoms with Crippen molar-refractivity contribution in [2.45, 2.75) is 12.1 Å². The maximum absolute atomic E-state index is 5.58. The predicted molar refractivity (Wildman–Crippen MR) is 67.6 cm³/mol. The average molecular weight is 250 g/mol. The largest absolute Gasteiger partial charge is 0.493 e. The molecule has 0 saturated heterocycles. The number of nitrogens with two attached hydrogens (primary N) is 1. The second-order valence-corrected chi connectivity index (χ2v) is 4.59. The molecule has 2 N–H and O–H groups in total. The summed E-state index contributed by atoms with van der Waals surface area (Å²) in [5.41, 5.74) is 1.22. The zero-order chi connectivity index (χ0) is 12.1. The van der Waals surface area contributed by atoms with Crippen LogP contribution in [-0.2, 0) is 0 Å². The molecule has 0 atom stereocenters. The zero-order valence-electron chi connectivity index (χ0n) is 9.54. The first-order valence-electron chi connectivity index (χ1n) is 5.23. The normalized spacial score (nSPS) is 10.4. The smallest absolute Gasteiger partial charge is 0.209 e. The molecule has 90 valence electrons. The molecule has 17 heavy (non-hydrogen) atoms. The summed E-state index contributed by atoms with van der Waals surface area (Å²) < 4.78 is 6.98. The van der Waals surface area contributed by atoms with Gasteiger partial charge in [-0.15, -0.1) is 10.2 Å². The van der Waals surface area contributed by atoms with Gasteiger partial charge in [0.2, 0.25) is 5.16 Å². The van der Waals surface area contributed by atoms with Gasteiger partial charge in [-0.1, -0.05) is 29.5 Å². The summed E-state index contributed by atoms with van der Waals surface area (Å²) in [4.78, 5) is 0. The van der Waals surface area contributed by atoms with E-state index in [9.17, 15) is 0 Å². The van der Waals surface area contributed by atoms with Gasteiger partial charge in [0.1, 0.15) is 12.1 Å². The average Bonchev–Trinajstić information content (AvgIpc) is 2.73. The van der Waals surface area contributed by atoms with Crippen LogP contribution in [0.25, 0.3) is 0 Å². The third-order valence-corrected chi connectivity index (χ3v) is 3.07. The lowest BCUT2D eigenvalue weighted by Gasteiger charge is -2.05. The molecule has 5 nitrogen and oxygen atoms in total. The van der Waals surface area contributed by atoms with Gasteiger partial charge in [0.25, 0.3) is 0 Å². The van der Waals surface area contributed by atoms with Crippen LogP contribution in [-0.4, -0.2) is 27.2 Å². The van der Waals surface area contributed by atoms with Crippen LogP contribution >= 0.6 is 11.8 Å². The third kappa shape index (κ3) is 3.39. The molecule has 1 aromatic heterocycles. The molecule has 0 fully saturated rings. The fourth-order valence-electron chi connectivity index (χ4n) is 1.26. The number of thioether (sulfide) groups is 1. The second-order valence-electron chi connectivity index (χ2n) is 3.53. The van der Waals surface area contributed by atoms with Gasteiger partial charge in [0.05, 0.1) is 6.61 Å². The summed E-state index contributed by atoms with van der Waals surface area (Å²) >= 11 is 1.52. The Balaban J connectivity index is 1.73. The SMILES string of the molecule is Cc1ccc(OCCSc2nncn2N)cc1. The van der Waals surface area contributed by atoms with Crippen molar-refractivity contribution in [1.29, 1.82) is 0 Å². The van der Waals surface area contributed by atoms with Crippen LogP contribution in [0.5, 0.6) is 5.75 Å². The minimum atomic E-state index is 0.612. The molecule has 0 saturated carbocycles.